The molecular formula is C19H23FN4O2S. The topological polar surface area (TPSA) is 57.7 Å². The summed E-state index contributed by atoms with van der Waals surface area (Å²) < 4.78 is 18.6. The van der Waals surface area contributed by atoms with Gasteiger partial charge in [-0.3, -0.25) is 4.79 Å². The Morgan fingerprint density at radius 1 is 1.22 bits per heavy atom. The largest absolute Gasteiger partial charge is 0.376 e. The van der Waals surface area contributed by atoms with Crippen molar-refractivity contribution in [1.29, 1.82) is 0 Å². The van der Waals surface area contributed by atoms with Crippen LogP contribution < -0.4 is 15.1 Å². The number of carbonyl (C=O) groups is 1. The number of halogens is 1. The molecular weight excluding hydrogens is 367 g/mol. The van der Waals surface area contributed by atoms with Gasteiger partial charge in [-0.1, -0.05) is 0 Å². The van der Waals surface area contributed by atoms with E-state index in [1.807, 2.05) is 17.5 Å². The maximum atomic E-state index is 13.1. The van der Waals surface area contributed by atoms with Crippen molar-refractivity contribution >= 4 is 28.1 Å². The fraction of sp³-hybridized carbons (Fsp3) is 0.474. The molecule has 1 N–H and O–H groups in total. The van der Waals surface area contributed by atoms with Gasteiger partial charge in [-0.25, -0.2) is 9.37 Å². The van der Waals surface area contributed by atoms with E-state index in [0.29, 0.717) is 12.2 Å². The maximum absolute atomic E-state index is 13.1. The molecule has 0 saturated carbocycles. The van der Waals surface area contributed by atoms with E-state index in [9.17, 15) is 9.18 Å². The van der Waals surface area contributed by atoms with E-state index in [1.54, 1.807) is 0 Å². The normalized spacial score (nSPS) is 20.1. The van der Waals surface area contributed by atoms with Crippen molar-refractivity contribution in [2.75, 3.05) is 49.1 Å². The van der Waals surface area contributed by atoms with Crippen LogP contribution in [0, 0.1) is 5.82 Å². The minimum atomic E-state index is -0.217. The van der Waals surface area contributed by atoms with E-state index in [4.69, 9.17) is 4.74 Å². The van der Waals surface area contributed by atoms with Gasteiger partial charge in [0.15, 0.2) is 5.13 Å². The Morgan fingerprint density at radius 2 is 1.96 bits per heavy atom. The molecule has 1 unspecified atom stereocenters. The van der Waals surface area contributed by atoms with E-state index in [2.05, 4.69) is 20.1 Å². The zero-order chi connectivity index (χ0) is 18.6. The molecule has 2 aliphatic heterocycles. The molecule has 0 bridgehead atoms. The van der Waals surface area contributed by atoms with Gasteiger partial charge in [0, 0.05) is 50.4 Å². The second-order valence-corrected chi connectivity index (χ2v) is 7.65. The number of benzene rings is 1. The van der Waals surface area contributed by atoms with Crippen LogP contribution in [0.15, 0.2) is 29.6 Å². The highest BCUT2D eigenvalue weighted by Crippen LogP contribution is 2.24. The lowest BCUT2D eigenvalue weighted by Gasteiger charge is -2.36. The smallest absolute Gasteiger partial charge is 0.270 e. The van der Waals surface area contributed by atoms with Gasteiger partial charge in [0.05, 0.1) is 6.10 Å². The van der Waals surface area contributed by atoms with Crippen molar-refractivity contribution in [2.24, 2.45) is 0 Å². The number of rotatable bonds is 5. The van der Waals surface area contributed by atoms with Gasteiger partial charge in [-0.05, 0) is 37.1 Å². The quantitative estimate of drug-likeness (QED) is 0.850. The number of piperazine rings is 1. The lowest BCUT2D eigenvalue weighted by molar-refractivity contribution is 0.0854. The SMILES string of the molecule is O=C(NCC1CCCO1)c1csc(N2CCN(c3ccc(F)cc3)CC2)n1. The third-order valence-corrected chi connectivity index (χ3v) is 5.88. The molecule has 8 heteroatoms. The highest BCUT2D eigenvalue weighted by molar-refractivity contribution is 7.13. The van der Waals surface area contributed by atoms with E-state index in [1.165, 1.54) is 23.5 Å². The van der Waals surface area contributed by atoms with Crippen molar-refractivity contribution in [2.45, 2.75) is 18.9 Å². The van der Waals surface area contributed by atoms with Gasteiger partial charge in [0.2, 0.25) is 0 Å². The molecule has 2 fully saturated rings. The molecule has 6 nitrogen and oxygen atoms in total. The Labute approximate surface area is 161 Å². The number of ether oxygens (including phenoxy) is 1. The number of amides is 1. The summed E-state index contributed by atoms with van der Waals surface area (Å²) in [7, 11) is 0. The molecule has 0 spiro atoms. The summed E-state index contributed by atoms with van der Waals surface area (Å²) >= 11 is 1.50. The first-order valence-corrected chi connectivity index (χ1v) is 10.2. The lowest BCUT2D eigenvalue weighted by atomic mass is 10.2. The van der Waals surface area contributed by atoms with Gasteiger partial charge >= 0.3 is 0 Å². The molecule has 1 atom stereocenters. The highest BCUT2D eigenvalue weighted by Gasteiger charge is 2.22. The first-order chi connectivity index (χ1) is 13.2. The number of anilines is 2. The van der Waals surface area contributed by atoms with Crippen LogP contribution in [0.1, 0.15) is 23.3 Å². The monoisotopic (exact) mass is 390 g/mol. The summed E-state index contributed by atoms with van der Waals surface area (Å²) in [6, 6.07) is 6.60. The summed E-state index contributed by atoms with van der Waals surface area (Å²) in [5.41, 5.74) is 1.50. The van der Waals surface area contributed by atoms with E-state index < -0.39 is 0 Å². The minimum absolute atomic E-state index is 0.131. The number of aromatic nitrogens is 1. The molecule has 1 amide bonds. The zero-order valence-electron chi connectivity index (χ0n) is 15.1. The average molecular weight is 390 g/mol. The van der Waals surface area contributed by atoms with E-state index >= 15 is 0 Å². The van der Waals surface area contributed by atoms with Crippen LogP contribution in [0.5, 0.6) is 0 Å². The average Bonchev–Trinajstić information content (AvgIpc) is 3.39. The fourth-order valence-corrected chi connectivity index (χ4v) is 4.28. The number of thiazole rings is 1. The van der Waals surface area contributed by atoms with Crippen molar-refractivity contribution in [3.63, 3.8) is 0 Å². The molecule has 2 saturated heterocycles. The standard InChI is InChI=1S/C19H23FN4O2S/c20-14-3-5-15(6-4-14)23-7-9-24(10-8-23)19-22-17(13-27-19)18(25)21-12-16-2-1-11-26-16/h3-6,13,16H,1-2,7-12H2,(H,21,25). The number of nitrogens with zero attached hydrogens (tertiary/aromatic N) is 3. The van der Waals surface area contributed by atoms with Gasteiger partial charge in [0.1, 0.15) is 11.5 Å². The molecule has 3 heterocycles. The summed E-state index contributed by atoms with van der Waals surface area (Å²) in [6.07, 6.45) is 2.19. The van der Waals surface area contributed by atoms with Crippen molar-refractivity contribution in [1.82, 2.24) is 10.3 Å². The van der Waals surface area contributed by atoms with E-state index in [-0.39, 0.29) is 17.8 Å². The molecule has 1 aromatic heterocycles. The van der Waals surface area contributed by atoms with Crippen LogP contribution in [-0.2, 0) is 4.74 Å². The lowest BCUT2D eigenvalue weighted by Crippen LogP contribution is -2.46. The third-order valence-electron chi connectivity index (χ3n) is 4.98. The summed E-state index contributed by atoms with van der Waals surface area (Å²) in [6.45, 7) is 4.65. The van der Waals surface area contributed by atoms with Gasteiger partial charge < -0.3 is 19.9 Å². The van der Waals surface area contributed by atoms with Crippen LogP contribution in [0.3, 0.4) is 0 Å². The molecule has 27 heavy (non-hydrogen) atoms. The first-order valence-electron chi connectivity index (χ1n) is 9.30. The predicted molar refractivity (Wildman–Crippen MR) is 104 cm³/mol. The third kappa shape index (κ3) is 4.39. The summed E-state index contributed by atoms with van der Waals surface area (Å²) in [4.78, 5) is 21.2. The summed E-state index contributed by atoms with van der Waals surface area (Å²) in [5, 5.41) is 5.60. The Morgan fingerprint density at radius 3 is 2.67 bits per heavy atom. The number of carbonyl (C=O) groups excluding carboxylic acids is 1. The molecule has 4 rings (SSSR count). The Kier molecular flexibility index (Phi) is 5.54. The van der Waals surface area contributed by atoms with Crippen molar-refractivity contribution < 1.29 is 13.9 Å². The number of nitrogens with one attached hydrogen (secondary N) is 1. The molecule has 0 radical (unpaired) electrons. The van der Waals surface area contributed by atoms with Gasteiger partial charge in [-0.2, -0.15) is 0 Å². The van der Waals surface area contributed by atoms with Crippen LogP contribution in [0.25, 0.3) is 0 Å². The first kappa shape index (κ1) is 18.2. The molecule has 1 aromatic carbocycles. The van der Waals surface area contributed by atoms with E-state index in [0.717, 1.165) is 56.4 Å². The minimum Gasteiger partial charge on any atom is -0.376 e. The Balaban J connectivity index is 1.30. The Hall–Kier alpha value is -2.19. The van der Waals surface area contributed by atoms with Crippen LogP contribution in [-0.4, -0.2) is 56.3 Å². The number of hydrogen-bond acceptors (Lipinski definition) is 6. The Bertz CT molecular complexity index is 768. The van der Waals surface area contributed by atoms with Crippen LogP contribution in [0.2, 0.25) is 0 Å². The number of hydrogen-bond donors (Lipinski definition) is 1. The maximum Gasteiger partial charge on any atom is 0.270 e. The predicted octanol–water partition coefficient (Wildman–Crippen LogP) is 2.52. The highest BCUT2D eigenvalue weighted by atomic mass is 32.1. The van der Waals surface area contributed by atoms with Crippen molar-refractivity contribution in [3.8, 4) is 0 Å². The fourth-order valence-electron chi connectivity index (χ4n) is 3.42. The second kappa shape index (κ2) is 8.22. The second-order valence-electron chi connectivity index (χ2n) is 6.81. The van der Waals surface area contributed by atoms with Crippen LogP contribution >= 0.6 is 11.3 Å². The van der Waals surface area contributed by atoms with Gasteiger partial charge in [-0.15, -0.1) is 11.3 Å². The molecule has 2 aromatic rings. The molecule has 2 aliphatic rings. The zero-order valence-corrected chi connectivity index (χ0v) is 15.9. The van der Waals surface area contributed by atoms with Crippen LogP contribution in [0.4, 0.5) is 15.2 Å². The molecule has 144 valence electrons. The van der Waals surface area contributed by atoms with Gasteiger partial charge in [0.25, 0.3) is 5.91 Å². The molecule has 0 aliphatic carbocycles. The summed E-state index contributed by atoms with van der Waals surface area (Å²) in [5.74, 6) is -0.358. The van der Waals surface area contributed by atoms with Crippen molar-refractivity contribution in [3.05, 3.63) is 41.2 Å².